The van der Waals surface area contributed by atoms with Gasteiger partial charge in [0.1, 0.15) is 0 Å². The summed E-state index contributed by atoms with van der Waals surface area (Å²) in [4.78, 5) is 24.9. The molecule has 0 atom stereocenters. The Morgan fingerprint density at radius 3 is 2.39 bits per heavy atom. The first-order valence-electron chi connectivity index (χ1n) is 6.31. The van der Waals surface area contributed by atoms with Crippen LogP contribution in [0.25, 0.3) is 0 Å². The van der Waals surface area contributed by atoms with Gasteiger partial charge in [0, 0.05) is 24.4 Å². The van der Waals surface area contributed by atoms with Gasteiger partial charge in [-0.05, 0) is 26.9 Å². The normalized spacial score (nSPS) is 17.8. The molecule has 18 heavy (non-hydrogen) atoms. The molecule has 1 saturated carbocycles. The highest BCUT2D eigenvalue weighted by molar-refractivity contribution is 6.19. The molecule has 0 unspecified atom stereocenters. The molecule has 0 aromatic heterocycles. The third-order valence-corrected chi connectivity index (χ3v) is 3.82. The lowest BCUT2D eigenvalue weighted by Crippen LogP contribution is -2.53. The standard InChI is InChI=1S/C12H22ClN3O2/c1-16(2)12(6-3-4-7-12)9-14-11(18)15-10(17)5-8-13/h3-9H2,1-2H3,(H2,14,15,17,18). The maximum atomic E-state index is 11.5. The van der Waals surface area contributed by atoms with Crippen molar-refractivity contribution in [3.05, 3.63) is 0 Å². The van der Waals surface area contributed by atoms with E-state index >= 15 is 0 Å². The van der Waals surface area contributed by atoms with Crippen molar-refractivity contribution < 1.29 is 9.59 Å². The lowest BCUT2D eigenvalue weighted by molar-refractivity contribution is -0.119. The fraction of sp³-hybridized carbons (Fsp3) is 0.833. The Balaban J connectivity index is 2.39. The van der Waals surface area contributed by atoms with E-state index in [9.17, 15) is 9.59 Å². The monoisotopic (exact) mass is 275 g/mol. The van der Waals surface area contributed by atoms with Crippen molar-refractivity contribution in [2.45, 2.75) is 37.6 Å². The molecule has 1 aliphatic carbocycles. The number of urea groups is 1. The van der Waals surface area contributed by atoms with Crippen LogP contribution in [-0.4, -0.2) is 48.9 Å². The molecule has 0 spiro atoms. The number of nitrogens with zero attached hydrogens (tertiary/aromatic N) is 1. The number of likely N-dealkylation sites (N-methyl/N-ethyl adjacent to an activating group) is 1. The number of imide groups is 1. The van der Waals surface area contributed by atoms with Crippen molar-refractivity contribution in [1.29, 1.82) is 0 Å². The quantitative estimate of drug-likeness (QED) is 0.744. The Morgan fingerprint density at radius 2 is 1.89 bits per heavy atom. The minimum Gasteiger partial charge on any atom is -0.336 e. The summed E-state index contributed by atoms with van der Waals surface area (Å²) in [5.41, 5.74) is 0.0346. The molecule has 1 aliphatic rings. The van der Waals surface area contributed by atoms with Crippen molar-refractivity contribution in [1.82, 2.24) is 15.5 Å². The number of hydrogen-bond acceptors (Lipinski definition) is 3. The smallest absolute Gasteiger partial charge is 0.321 e. The van der Waals surface area contributed by atoms with Gasteiger partial charge in [0.25, 0.3) is 0 Å². The van der Waals surface area contributed by atoms with Crippen LogP contribution in [0.2, 0.25) is 0 Å². The van der Waals surface area contributed by atoms with E-state index in [0.29, 0.717) is 6.54 Å². The lowest BCUT2D eigenvalue weighted by atomic mass is 9.96. The first-order chi connectivity index (χ1) is 8.50. The highest BCUT2D eigenvalue weighted by Gasteiger charge is 2.36. The molecule has 1 rings (SSSR count). The molecular formula is C12H22ClN3O2. The summed E-state index contributed by atoms with van der Waals surface area (Å²) in [6.07, 6.45) is 4.69. The van der Waals surface area contributed by atoms with E-state index in [2.05, 4.69) is 15.5 Å². The van der Waals surface area contributed by atoms with Crippen LogP contribution in [0.15, 0.2) is 0 Å². The molecule has 1 fully saturated rings. The molecule has 0 aromatic carbocycles. The van der Waals surface area contributed by atoms with Crippen molar-refractivity contribution in [2.75, 3.05) is 26.5 Å². The molecule has 3 amide bonds. The molecular weight excluding hydrogens is 254 g/mol. The Kier molecular flexibility index (Phi) is 5.88. The lowest BCUT2D eigenvalue weighted by Gasteiger charge is -2.36. The second-order valence-electron chi connectivity index (χ2n) is 5.00. The van der Waals surface area contributed by atoms with Crippen molar-refractivity contribution in [3.8, 4) is 0 Å². The SMILES string of the molecule is CN(C)C1(CNC(=O)NC(=O)CCCl)CCCC1. The van der Waals surface area contributed by atoms with Gasteiger partial charge in [-0.25, -0.2) is 4.79 Å². The van der Waals surface area contributed by atoms with Gasteiger partial charge in [0.05, 0.1) is 0 Å². The Morgan fingerprint density at radius 1 is 1.28 bits per heavy atom. The summed E-state index contributed by atoms with van der Waals surface area (Å²) in [6.45, 7) is 0.569. The summed E-state index contributed by atoms with van der Waals surface area (Å²) in [6, 6.07) is -0.432. The number of alkyl halides is 1. The molecule has 104 valence electrons. The zero-order valence-electron chi connectivity index (χ0n) is 11.1. The van der Waals surface area contributed by atoms with Crippen molar-refractivity contribution >= 4 is 23.5 Å². The van der Waals surface area contributed by atoms with Gasteiger partial charge in [-0.15, -0.1) is 11.6 Å². The molecule has 0 saturated heterocycles. The maximum absolute atomic E-state index is 11.5. The molecule has 2 N–H and O–H groups in total. The van der Waals surface area contributed by atoms with Crippen LogP contribution in [0.1, 0.15) is 32.1 Å². The first-order valence-corrected chi connectivity index (χ1v) is 6.85. The van der Waals surface area contributed by atoms with Crippen LogP contribution in [0.3, 0.4) is 0 Å². The molecule has 5 nitrogen and oxygen atoms in total. The fourth-order valence-corrected chi connectivity index (χ4v) is 2.55. The summed E-state index contributed by atoms with van der Waals surface area (Å²) < 4.78 is 0. The van der Waals surface area contributed by atoms with Gasteiger partial charge in [0.15, 0.2) is 0 Å². The molecule has 0 bridgehead atoms. The van der Waals surface area contributed by atoms with Crippen LogP contribution in [0.4, 0.5) is 4.79 Å². The molecule has 0 aromatic rings. The number of amides is 3. The number of hydrogen-bond donors (Lipinski definition) is 2. The largest absolute Gasteiger partial charge is 0.336 e. The highest BCUT2D eigenvalue weighted by Crippen LogP contribution is 2.32. The van der Waals surface area contributed by atoms with E-state index in [1.54, 1.807) is 0 Å². The van der Waals surface area contributed by atoms with E-state index in [-0.39, 0.29) is 23.7 Å². The van der Waals surface area contributed by atoms with Gasteiger partial charge in [-0.1, -0.05) is 12.8 Å². The fourth-order valence-electron chi connectivity index (χ4n) is 2.38. The van der Waals surface area contributed by atoms with Gasteiger partial charge < -0.3 is 10.2 Å². The Bertz CT molecular complexity index is 302. The Labute approximate surface area is 113 Å². The molecule has 6 heteroatoms. The van der Waals surface area contributed by atoms with Gasteiger partial charge in [-0.2, -0.15) is 0 Å². The van der Waals surface area contributed by atoms with Crippen LogP contribution in [0, 0.1) is 0 Å². The summed E-state index contributed by atoms with van der Waals surface area (Å²) in [5, 5.41) is 5.05. The molecule has 0 aliphatic heterocycles. The average Bonchev–Trinajstić information content (AvgIpc) is 2.76. The van der Waals surface area contributed by atoms with Gasteiger partial charge in [-0.3, -0.25) is 10.1 Å². The minimum atomic E-state index is -0.432. The average molecular weight is 276 g/mol. The van der Waals surface area contributed by atoms with E-state index in [4.69, 9.17) is 11.6 Å². The predicted octanol–water partition coefficient (Wildman–Crippen LogP) is 1.32. The first kappa shape index (κ1) is 15.2. The van der Waals surface area contributed by atoms with Gasteiger partial charge >= 0.3 is 6.03 Å². The molecule has 0 heterocycles. The number of nitrogens with one attached hydrogen (secondary N) is 2. The van der Waals surface area contributed by atoms with Crippen LogP contribution in [-0.2, 0) is 4.79 Å². The number of carbonyl (C=O) groups is 2. The predicted molar refractivity (Wildman–Crippen MR) is 71.8 cm³/mol. The number of carbonyl (C=O) groups excluding carboxylic acids is 2. The van der Waals surface area contributed by atoms with Crippen molar-refractivity contribution in [3.63, 3.8) is 0 Å². The number of halogens is 1. The van der Waals surface area contributed by atoms with E-state index < -0.39 is 6.03 Å². The topological polar surface area (TPSA) is 61.4 Å². The Hall–Kier alpha value is -0.810. The summed E-state index contributed by atoms with van der Waals surface area (Å²) >= 11 is 5.43. The highest BCUT2D eigenvalue weighted by atomic mass is 35.5. The zero-order chi connectivity index (χ0) is 13.6. The van der Waals surface area contributed by atoms with Crippen molar-refractivity contribution in [2.24, 2.45) is 0 Å². The van der Waals surface area contributed by atoms with E-state index in [0.717, 1.165) is 12.8 Å². The van der Waals surface area contributed by atoms with Crippen LogP contribution < -0.4 is 10.6 Å². The van der Waals surface area contributed by atoms with Gasteiger partial charge in [0.2, 0.25) is 5.91 Å². The third kappa shape index (κ3) is 4.14. The maximum Gasteiger partial charge on any atom is 0.321 e. The minimum absolute atomic E-state index is 0.0346. The summed E-state index contributed by atoms with van der Waals surface area (Å²) in [7, 11) is 4.06. The van der Waals surface area contributed by atoms with E-state index in [1.807, 2.05) is 14.1 Å². The summed E-state index contributed by atoms with van der Waals surface area (Å²) in [5.74, 6) is -0.117. The second-order valence-corrected chi connectivity index (χ2v) is 5.37. The molecule has 0 radical (unpaired) electrons. The van der Waals surface area contributed by atoms with E-state index in [1.165, 1.54) is 12.8 Å². The third-order valence-electron chi connectivity index (χ3n) is 3.64. The zero-order valence-corrected chi connectivity index (χ0v) is 11.8. The van der Waals surface area contributed by atoms with Crippen LogP contribution in [0.5, 0.6) is 0 Å². The van der Waals surface area contributed by atoms with Crippen LogP contribution >= 0.6 is 11.6 Å². The second kappa shape index (κ2) is 6.95. The number of rotatable bonds is 5.